The average Bonchev–Trinajstić information content (AvgIpc) is 2.82. The summed E-state index contributed by atoms with van der Waals surface area (Å²) >= 11 is 0. The van der Waals surface area contributed by atoms with Crippen LogP contribution in [0.2, 0.25) is 0 Å². The van der Waals surface area contributed by atoms with Crippen molar-refractivity contribution in [3.05, 3.63) is 29.9 Å². The Balaban J connectivity index is 2.11. The van der Waals surface area contributed by atoms with Crippen molar-refractivity contribution in [3.63, 3.8) is 0 Å². The zero-order valence-electron chi connectivity index (χ0n) is 9.77. The predicted octanol–water partition coefficient (Wildman–Crippen LogP) is 1.86. The van der Waals surface area contributed by atoms with E-state index in [0.717, 1.165) is 12.8 Å². The molecular formula is C12H14FN3O2. The Hall–Kier alpha value is -1.95. The number of hydrogen-bond acceptors (Lipinski definition) is 5. The fourth-order valence-electron chi connectivity index (χ4n) is 1.54. The molecular weight excluding hydrogens is 237 g/mol. The first kappa shape index (κ1) is 12.5. The summed E-state index contributed by atoms with van der Waals surface area (Å²) in [5.74, 6) is -0.282. The van der Waals surface area contributed by atoms with Crippen LogP contribution in [0, 0.1) is 5.82 Å². The summed E-state index contributed by atoms with van der Waals surface area (Å²) in [6, 6.07) is 3.96. The molecule has 1 aromatic heterocycles. The molecule has 1 aromatic carbocycles. The lowest BCUT2D eigenvalue weighted by Crippen LogP contribution is -1.99. The summed E-state index contributed by atoms with van der Waals surface area (Å²) in [7, 11) is 0. The third-order valence-corrected chi connectivity index (χ3v) is 2.52. The van der Waals surface area contributed by atoms with Gasteiger partial charge in [0.15, 0.2) is 11.6 Å². The van der Waals surface area contributed by atoms with E-state index in [0.29, 0.717) is 30.2 Å². The van der Waals surface area contributed by atoms with Crippen LogP contribution in [0.4, 0.5) is 4.39 Å². The zero-order chi connectivity index (χ0) is 13.0. The summed E-state index contributed by atoms with van der Waals surface area (Å²) < 4.78 is 18.2. The summed E-state index contributed by atoms with van der Waals surface area (Å²) in [6.45, 7) is 0.629. The third-order valence-electron chi connectivity index (χ3n) is 2.52. The van der Waals surface area contributed by atoms with E-state index in [1.165, 1.54) is 18.2 Å². The van der Waals surface area contributed by atoms with Gasteiger partial charge in [-0.1, -0.05) is 5.16 Å². The molecule has 0 fully saturated rings. The maximum Gasteiger partial charge on any atom is 0.226 e. The Bertz CT molecular complexity index is 528. The highest BCUT2D eigenvalue weighted by Gasteiger charge is 2.10. The Kier molecular flexibility index (Phi) is 3.88. The number of phenols is 1. The molecule has 0 aliphatic rings. The Morgan fingerprint density at radius 3 is 2.89 bits per heavy atom. The number of nitrogens with two attached hydrogens (primary N) is 1. The van der Waals surface area contributed by atoms with Gasteiger partial charge in [-0.2, -0.15) is 4.98 Å². The van der Waals surface area contributed by atoms with Crippen molar-refractivity contribution in [1.29, 1.82) is 0 Å². The molecule has 0 aliphatic heterocycles. The Morgan fingerprint density at radius 1 is 1.33 bits per heavy atom. The number of rotatable bonds is 5. The van der Waals surface area contributed by atoms with Crippen molar-refractivity contribution in [3.8, 4) is 17.1 Å². The highest BCUT2D eigenvalue weighted by Crippen LogP contribution is 2.22. The van der Waals surface area contributed by atoms with E-state index in [2.05, 4.69) is 10.1 Å². The molecule has 2 aromatic rings. The third kappa shape index (κ3) is 2.84. The first-order valence-electron chi connectivity index (χ1n) is 5.72. The molecule has 0 atom stereocenters. The second kappa shape index (κ2) is 5.59. The molecule has 3 N–H and O–H groups in total. The van der Waals surface area contributed by atoms with Crippen molar-refractivity contribution in [2.24, 2.45) is 5.73 Å². The second-order valence-electron chi connectivity index (χ2n) is 3.92. The van der Waals surface area contributed by atoms with Crippen molar-refractivity contribution in [2.75, 3.05) is 6.54 Å². The minimum Gasteiger partial charge on any atom is -0.505 e. The van der Waals surface area contributed by atoms with Gasteiger partial charge >= 0.3 is 0 Å². The van der Waals surface area contributed by atoms with Crippen molar-refractivity contribution >= 4 is 0 Å². The molecule has 1 heterocycles. The number of halogens is 1. The molecule has 0 saturated heterocycles. The van der Waals surface area contributed by atoms with Gasteiger partial charge in [-0.05, 0) is 37.6 Å². The van der Waals surface area contributed by atoms with E-state index in [1.807, 2.05) is 0 Å². The minimum absolute atomic E-state index is 0.316. The molecule has 2 rings (SSSR count). The monoisotopic (exact) mass is 251 g/mol. The van der Waals surface area contributed by atoms with Crippen LogP contribution in [-0.2, 0) is 6.42 Å². The molecule has 0 spiro atoms. The maximum atomic E-state index is 13.2. The number of aromatic nitrogens is 2. The van der Waals surface area contributed by atoms with Crippen LogP contribution in [0.25, 0.3) is 11.4 Å². The quantitative estimate of drug-likeness (QED) is 0.792. The molecule has 0 saturated carbocycles. The van der Waals surface area contributed by atoms with Crippen LogP contribution >= 0.6 is 0 Å². The molecule has 0 bridgehead atoms. The zero-order valence-corrected chi connectivity index (χ0v) is 9.77. The molecule has 0 amide bonds. The molecule has 6 heteroatoms. The highest BCUT2D eigenvalue weighted by atomic mass is 19.1. The highest BCUT2D eigenvalue weighted by molar-refractivity contribution is 5.55. The predicted molar refractivity (Wildman–Crippen MR) is 63.3 cm³/mol. The van der Waals surface area contributed by atoms with E-state index in [1.54, 1.807) is 0 Å². The standard InChI is InChI=1S/C12H14FN3O2/c13-9-7-8(4-5-10(9)17)12-15-11(18-16-12)3-1-2-6-14/h4-5,7,17H,1-3,6,14H2. The lowest BCUT2D eigenvalue weighted by molar-refractivity contribution is 0.375. The van der Waals surface area contributed by atoms with E-state index >= 15 is 0 Å². The number of unbranched alkanes of at least 4 members (excludes halogenated alkanes) is 1. The number of aromatic hydroxyl groups is 1. The summed E-state index contributed by atoms with van der Waals surface area (Å²) in [5.41, 5.74) is 5.86. The van der Waals surface area contributed by atoms with Gasteiger partial charge in [0.25, 0.3) is 0 Å². The molecule has 18 heavy (non-hydrogen) atoms. The van der Waals surface area contributed by atoms with Crippen molar-refractivity contribution < 1.29 is 14.0 Å². The lowest BCUT2D eigenvalue weighted by atomic mass is 10.2. The van der Waals surface area contributed by atoms with Gasteiger partial charge in [0.1, 0.15) is 0 Å². The average molecular weight is 251 g/mol. The molecule has 0 aliphatic carbocycles. The first-order valence-corrected chi connectivity index (χ1v) is 5.72. The van der Waals surface area contributed by atoms with Gasteiger partial charge in [0.05, 0.1) is 0 Å². The number of benzene rings is 1. The van der Waals surface area contributed by atoms with E-state index in [-0.39, 0.29) is 0 Å². The van der Waals surface area contributed by atoms with Gasteiger partial charge in [0, 0.05) is 12.0 Å². The Labute approximate surface area is 103 Å². The number of aryl methyl sites for hydroxylation is 1. The number of phenolic OH excluding ortho intramolecular Hbond substituents is 1. The normalized spacial score (nSPS) is 10.8. The van der Waals surface area contributed by atoms with Crippen molar-refractivity contribution in [2.45, 2.75) is 19.3 Å². The lowest BCUT2D eigenvalue weighted by Gasteiger charge is -1.96. The van der Waals surface area contributed by atoms with Crippen LogP contribution in [0.1, 0.15) is 18.7 Å². The van der Waals surface area contributed by atoms with E-state index < -0.39 is 11.6 Å². The van der Waals surface area contributed by atoms with E-state index in [4.69, 9.17) is 15.4 Å². The first-order chi connectivity index (χ1) is 8.70. The van der Waals surface area contributed by atoms with Gasteiger partial charge in [-0.15, -0.1) is 0 Å². The van der Waals surface area contributed by atoms with Crippen LogP contribution in [0.15, 0.2) is 22.7 Å². The van der Waals surface area contributed by atoms with Gasteiger partial charge < -0.3 is 15.4 Å². The fourth-order valence-corrected chi connectivity index (χ4v) is 1.54. The Morgan fingerprint density at radius 2 is 2.17 bits per heavy atom. The summed E-state index contributed by atoms with van der Waals surface area (Å²) in [6.07, 6.45) is 2.43. The van der Waals surface area contributed by atoms with Crippen LogP contribution < -0.4 is 5.73 Å². The molecule has 96 valence electrons. The van der Waals surface area contributed by atoms with Gasteiger partial charge in [-0.25, -0.2) is 4.39 Å². The fraction of sp³-hybridized carbons (Fsp3) is 0.333. The smallest absolute Gasteiger partial charge is 0.226 e. The topological polar surface area (TPSA) is 85.2 Å². The largest absolute Gasteiger partial charge is 0.505 e. The van der Waals surface area contributed by atoms with Crippen LogP contribution in [0.3, 0.4) is 0 Å². The summed E-state index contributed by atoms with van der Waals surface area (Å²) in [4.78, 5) is 4.16. The SMILES string of the molecule is NCCCCc1nc(-c2ccc(O)c(F)c2)no1. The minimum atomic E-state index is -0.706. The molecule has 5 nitrogen and oxygen atoms in total. The summed E-state index contributed by atoms with van der Waals surface area (Å²) in [5, 5.41) is 12.9. The van der Waals surface area contributed by atoms with Crippen LogP contribution in [0.5, 0.6) is 5.75 Å². The molecule has 0 unspecified atom stereocenters. The molecule has 0 radical (unpaired) electrons. The number of nitrogens with zero attached hydrogens (tertiary/aromatic N) is 2. The van der Waals surface area contributed by atoms with E-state index in [9.17, 15) is 4.39 Å². The van der Waals surface area contributed by atoms with Gasteiger partial charge in [0.2, 0.25) is 11.7 Å². The van der Waals surface area contributed by atoms with Crippen LogP contribution in [-0.4, -0.2) is 21.8 Å². The van der Waals surface area contributed by atoms with Gasteiger partial charge in [-0.3, -0.25) is 0 Å². The number of hydrogen-bond donors (Lipinski definition) is 2. The maximum absolute atomic E-state index is 13.2. The second-order valence-corrected chi connectivity index (χ2v) is 3.92. The van der Waals surface area contributed by atoms with Crippen molar-refractivity contribution in [1.82, 2.24) is 10.1 Å².